The van der Waals surface area contributed by atoms with Crippen LogP contribution in [0.5, 0.6) is 0 Å². The first kappa shape index (κ1) is 22.0. The summed E-state index contributed by atoms with van der Waals surface area (Å²) in [6.07, 6.45) is 1.48. The van der Waals surface area contributed by atoms with Crippen molar-refractivity contribution in [3.05, 3.63) is 0 Å². The first-order valence-corrected chi connectivity index (χ1v) is 11.1. The standard InChI is InChI=1S/C15H32O5Si.C2H4O/c1-12(2)18-21(19-13(3)4,20-14(5)6)9-7-8-16-10-15-11-17-15;1-2-3-1/h12-15H,7-11H2,1-6H3;1-2H2. The first-order valence-electron chi connectivity index (χ1n) is 9.13. The van der Waals surface area contributed by atoms with Gasteiger partial charge in [-0.25, -0.2) is 0 Å². The third-order valence-corrected chi connectivity index (χ3v) is 6.39. The van der Waals surface area contributed by atoms with Crippen LogP contribution < -0.4 is 0 Å². The van der Waals surface area contributed by atoms with Crippen LogP contribution in [-0.2, 0) is 27.5 Å². The summed E-state index contributed by atoms with van der Waals surface area (Å²) in [6, 6.07) is 0.785. The summed E-state index contributed by atoms with van der Waals surface area (Å²) in [7, 11) is -2.66. The maximum atomic E-state index is 6.11. The minimum absolute atomic E-state index is 0.0925. The number of ether oxygens (including phenoxy) is 3. The Kier molecular flexibility index (Phi) is 10.6. The van der Waals surface area contributed by atoms with E-state index in [1.165, 1.54) is 0 Å². The summed E-state index contributed by atoms with van der Waals surface area (Å²) in [4.78, 5) is 0. The van der Waals surface area contributed by atoms with Crippen molar-refractivity contribution in [2.24, 2.45) is 0 Å². The molecule has 7 heteroatoms. The van der Waals surface area contributed by atoms with E-state index in [0.717, 1.165) is 32.3 Å². The van der Waals surface area contributed by atoms with Crippen molar-refractivity contribution >= 4 is 8.80 Å². The molecule has 2 aliphatic rings. The van der Waals surface area contributed by atoms with E-state index in [-0.39, 0.29) is 18.3 Å². The summed E-state index contributed by atoms with van der Waals surface area (Å²) in [5.74, 6) is 0. The van der Waals surface area contributed by atoms with Crippen LogP contribution in [-0.4, -0.2) is 66.3 Å². The zero-order valence-corrected chi connectivity index (χ0v) is 17.2. The van der Waals surface area contributed by atoms with Gasteiger partial charge in [-0.2, -0.15) is 0 Å². The van der Waals surface area contributed by atoms with Crippen LogP contribution in [0.3, 0.4) is 0 Å². The number of rotatable bonds is 12. The fraction of sp³-hybridized carbons (Fsp3) is 1.00. The van der Waals surface area contributed by atoms with Crippen molar-refractivity contribution in [1.29, 1.82) is 0 Å². The average molecular weight is 365 g/mol. The van der Waals surface area contributed by atoms with E-state index in [2.05, 4.69) is 4.74 Å². The number of hydrogen-bond donors (Lipinski definition) is 0. The van der Waals surface area contributed by atoms with Gasteiger partial charge >= 0.3 is 8.80 Å². The quantitative estimate of drug-likeness (QED) is 0.301. The Balaban J connectivity index is 0.000000857. The van der Waals surface area contributed by atoms with Gasteiger partial charge in [0.1, 0.15) is 6.10 Å². The van der Waals surface area contributed by atoms with Crippen LogP contribution >= 0.6 is 0 Å². The third-order valence-electron chi connectivity index (χ3n) is 2.93. The summed E-state index contributed by atoms with van der Waals surface area (Å²) < 4.78 is 33.6. The van der Waals surface area contributed by atoms with Crippen molar-refractivity contribution in [1.82, 2.24) is 0 Å². The molecule has 0 aromatic rings. The van der Waals surface area contributed by atoms with Crippen molar-refractivity contribution in [2.45, 2.75) is 78.4 Å². The molecule has 2 fully saturated rings. The molecular weight excluding hydrogens is 328 g/mol. The molecule has 0 radical (unpaired) electrons. The Morgan fingerprint density at radius 1 is 0.917 bits per heavy atom. The lowest BCUT2D eigenvalue weighted by molar-refractivity contribution is 0.00101. The number of hydrogen-bond acceptors (Lipinski definition) is 6. The van der Waals surface area contributed by atoms with Crippen LogP contribution in [0, 0.1) is 0 Å². The Hall–Kier alpha value is -0.0231. The topological polar surface area (TPSA) is 62.0 Å². The van der Waals surface area contributed by atoms with Crippen molar-refractivity contribution < 1.29 is 27.5 Å². The zero-order chi connectivity index (χ0) is 18.0. The summed E-state index contributed by atoms with van der Waals surface area (Å²) in [5.41, 5.74) is 0. The summed E-state index contributed by atoms with van der Waals surface area (Å²) >= 11 is 0. The second-order valence-corrected chi connectivity index (χ2v) is 9.50. The molecule has 6 nitrogen and oxygen atoms in total. The van der Waals surface area contributed by atoms with Crippen molar-refractivity contribution in [3.8, 4) is 0 Å². The lowest BCUT2D eigenvalue weighted by Gasteiger charge is -2.34. The molecule has 144 valence electrons. The normalized spacial score (nSPS) is 19.6. The maximum absolute atomic E-state index is 6.11. The molecule has 0 amide bonds. The van der Waals surface area contributed by atoms with Crippen molar-refractivity contribution in [2.75, 3.05) is 33.0 Å². The van der Waals surface area contributed by atoms with Crippen LogP contribution in [0.2, 0.25) is 6.04 Å². The largest absolute Gasteiger partial charge is 0.501 e. The van der Waals surface area contributed by atoms with Crippen LogP contribution in [0.25, 0.3) is 0 Å². The van der Waals surface area contributed by atoms with Crippen LogP contribution in [0.1, 0.15) is 48.0 Å². The van der Waals surface area contributed by atoms with Gasteiger partial charge in [0.05, 0.1) is 26.4 Å². The highest BCUT2D eigenvalue weighted by molar-refractivity contribution is 6.60. The van der Waals surface area contributed by atoms with Gasteiger partial charge in [-0.05, 0) is 48.0 Å². The predicted molar refractivity (Wildman–Crippen MR) is 95.2 cm³/mol. The Morgan fingerprint density at radius 3 is 1.71 bits per heavy atom. The van der Waals surface area contributed by atoms with Gasteiger partial charge in [0.2, 0.25) is 0 Å². The van der Waals surface area contributed by atoms with Gasteiger partial charge in [0.25, 0.3) is 0 Å². The summed E-state index contributed by atoms with van der Waals surface area (Å²) in [5, 5.41) is 0. The lowest BCUT2D eigenvalue weighted by Crippen LogP contribution is -2.50. The molecule has 0 aromatic carbocycles. The molecule has 1 atom stereocenters. The van der Waals surface area contributed by atoms with Crippen LogP contribution in [0.4, 0.5) is 0 Å². The summed E-state index contributed by atoms with van der Waals surface area (Å²) in [6.45, 7) is 16.4. The molecule has 24 heavy (non-hydrogen) atoms. The second kappa shape index (κ2) is 11.6. The van der Waals surface area contributed by atoms with Gasteiger partial charge in [-0.3, -0.25) is 0 Å². The van der Waals surface area contributed by atoms with E-state index in [9.17, 15) is 0 Å². The van der Waals surface area contributed by atoms with Gasteiger partial charge in [0, 0.05) is 31.0 Å². The Labute approximate surface area is 148 Å². The number of epoxide rings is 2. The fourth-order valence-electron chi connectivity index (χ4n) is 2.11. The molecule has 1 unspecified atom stereocenters. The molecule has 2 saturated heterocycles. The molecule has 0 bridgehead atoms. The maximum Gasteiger partial charge on any atom is 0.501 e. The third kappa shape index (κ3) is 12.4. The molecule has 2 rings (SSSR count). The average Bonchev–Trinajstić information content (AvgIpc) is 3.28. The first-order chi connectivity index (χ1) is 11.3. The SMILES string of the molecule is C1CO1.CC(C)O[Si](CCCOCC1CO1)(OC(C)C)OC(C)C. The molecule has 0 aliphatic carbocycles. The molecule has 0 saturated carbocycles. The smallest absolute Gasteiger partial charge is 0.379 e. The second-order valence-electron chi connectivity index (χ2n) is 6.93. The lowest BCUT2D eigenvalue weighted by atomic mass is 10.5. The highest BCUT2D eigenvalue weighted by atomic mass is 28.4. The highest BCUT2D eigenvalue weighted by Gasteiger charge is 2.43. The van der Waals surface area contributed by atoms with Gasteiger partial charge in [-0.1, -0.05) is 0 Å². The minimum Gasteiger partial charge on any atom is -0.379 e. The monoisotopic (exact) mass is 364 g/mol. The van der Waals surface area contributed by atoms with E-state index in [1.54, 1.807) is 0 Å². The van der Waals surface area contributed by atoms with Gasteiger partial charge in [-0.15, -0.1) is 0 Å². The van der Waals surface area contributed by atoms with Gasteiger partial charge in [0.15, 0.2) is 0 Å². The molecule has 0 aromatic heterocycles. The molecule has 0 N–H and O–H groups in total. The minimum atomic E-state index is -2.66. The van der Waals surface area contributed by atoms with Crippen LogP contribution in [0.15, 0.2) is 0 Å². The molecule has 0 spiro atoms. The van der Waals surface area contributed by atoms with E-state index in [0.29, 0.717) is 19.3 Å². The van der Waals surface area contributed by atoms with E-state index in [4.69, 9.17) is 22.8 Å². The zero-order valence-electron chi connectivity index (χ0n) is 16.2. The van der Waals surface area contributed by atoms with E-state index in [1.807, 2.05) is 41.5 Å². The van der Waals surface area contributed by atoms with Crippen molar-refractivity contribution in [3.63, 3.8) is 0 Å². The van der Waals surface area contributed by atoms with E-state index >= 15 is 0 Å². The van der Waals surface area contributed by atoms with E-state index < -0.39 is 8.80 Å². The molecular formula is C17H36O6Si. The highest BCUT2D eigenvalue weighted by Crippen LogP contribution is 2.23. The fourth-order valence-corrected chi connectivity index (χ4v) is 5.36. The molecule has 2 heterocycles. The predicted octanol–water partition coefficient (Wildman–Crippen LogP) is 3.02. The Morgan fingerprint density at radius 2 is 1.38 bits per heavy atom. The Bertz CT molecular complexity index is 289. The molecule has 2 aliphatic heterocycles. The van der Waals surface area contributed by atoms with Gasteiger partial charge < -0.3 is 27.5 Å².